The Hall–Kier alpha value is -1.30. The second-order valence-corrected chi connectivity index (χ2v) is 5.54. The molecule has 5 nitrogen and oxygen atoms in total. The number of hydrogen-bond acceptors (Lipinski definition) is 3. The first-order valence-electron chi connectivity index (χ1n) is 7.05. The molecule has 0 aromatic heterocycles. The Morgan fingerprint density at radius 1 is 1.14 bits per heavy atom. The van der Waals surface area contributed by atoms with Gasteiger partial charge in [-0.05, 0) is 5.56 Å². The van der Waals surface area contributed by atoms with Gasteiger partial charge in [0.1, 0.15) is 6.04 Å². The number of amides is 2. The van der Waals surface area contributed by atoms with E-state index in [1.165, 1.54) is 6.92 Å². The number of hydrazine groups is 1. The van der Waals surface area contributed by atoms with Crippen molar-refractivity contribution in [3.05, 3.63) is 35.9 Å². The second-order valence-electron chi connectivity index (χ2n) is 4.78. The van der Waals surface area contributed by atoms with Crippen LogP contribution in [-0.2, 0) is 16.0 Å². The Bertz CT molecular complexity index is 465. The normalized spacial score (nSPS) is 12.0. The number of rotatable bonds is 9. The Morgan fingerprint density at radius 3 is 2.23 bits per heavy atom. The summed E-state index contributed by atoms with van der Waals surface area (Å²) in [6.45, 7) is 2.36. The van der Waals surface area contributed by atoms with Crippen molar-refractivity contribution in [3.63, 3.8) is 0 Å². The van der Waals surface area contributed by atoms with Crippen LogP contribution in [0.4, 0.5) is 0 Å². The van der Waals surface area contributed by atoms with Crippen molar-refractivity contribution in [1.29, 1.82) is 0 Å². The van der Waals surface area contributed by atoms with Gasteiger partial charge in [-0.15, -0.1) is 23.2 Å². The zero-order chi connectivity index (χ0) is 16.4. The molecule has 1 aromatic rings. The molecule has 0 bridgehead atoms. The van der Waals surface area contributed by atoms with E-state index in [0.29, 0.717) is 31.3 Å². The van der Waals surface area contributed by atoms with E-state index in [1.54, 1.807) is 5.01 Å². The highest BCUT2D eigenvalue weighted by molar-refractivity contribution is 6.18. The maximum Gasteiger partial charge on any atom is 0.257 e. The van der Waals surface area contributed by atoms with Crippen molar-refractivity contribution in [3.8, 4) is 0 Å². The van der Waals surface area contributed by atoms with Gasteiger partial charge in [-0.2, -0.15) is 0 Å². The van der Waals surface area contributed by atoms with Crippen molar-refractivity contribution < 1.29 is 9.59 Å². The molecule has 1 rings (SSSR count). The molecule has 0 spiro atoms. The molecular weight excluding hydrogens is 325 g/mol. The van der Waals surface area contributed by atoms with Gasteiger partial charge in [0.2, 0.25) is 5.91 Å². The third-order valence-electron chi connectivity index (χ3n) is 2.95. The van der Waals surface area contributed by atoms with Crippen molar-refractivity contribution in [1.82, 2.24) is 15.8 Å². The van der Waals surface area contributed by atoms with Crippen LogP contribution in [0, 0.1) is 0 Å². The first-order chi connectivity index (χ1) is 10.6. The van der Waals surface area contributed by atoms with Crippen LogP contribution >= 0.6 is 23.2 Å². The van der Waals surface area contributed by atoms with Crippen molar-refractivity contribution >= 4 is 35.0 Å². The predicted molar refractivity (Wildman–Crippen MR) is 88.9 cm³/mol. The molecule has 0 aliphatic carbocycles. The van der Waals surface area contributed by atoms with E-state index >= 15 is 0 Å². The number of benzene rings is 1. The topological polar surface area (TPSA) is 61.4 Å². The van der Waals surface area contributed by atoms with Gasteiger partial charge in [-0.3, -0.25) is 15.0 Å². The summed E-state index contributed by atoms with van der Waals surface area (Å²) in [5, 5.41) is 4.33. The lowest BCUT2D eigenvalue weighted by atomic mass is 10.1. The van der Waals surface area contributed by atoms with E-state index in [0.717, 1.165) is 5.56 Å². The number of nitrogens with zero attached hydrogens (tertiary/aromatic N) is 1. The molecule has 1 aromatic carbocycles. The molecule has 0 saturated carbocycles. The first kappa shape index (κ1) is 18.7. The van der Waals surface area contributed by atoms with Gasteiger partial charge >= 0.3 is 0 Å². The summed E-state index contributed by atoms with van der Waals surface area (Å²) in [6, 6.07) is 8.87. The molecule has 0 aliphatic rings. The SMILES string of the molecule is CC(=O)NC(Cc1ccccc1)C(=O)NN(CCCl)CCCl. The summed E-state index contributed by atoms with van der Waals surface area (Å²) in [6.07, 6.45) is 0.418. The monoisotopic (exact) mass is 345 g/mol. The molecule has 0 saturated heterocycles. The summed E-state index contributed by atoms with van der Waals surface area (Å²) in [4.78, 5) is 23.7. The Kier molecular flexibility index (Phi) is 8.89. The van der Waals surface area contributed by atoms with Crippen LogP contribution in [0.3, 0.4) is 0 Å². The molecule has 0 fully saturated rings. The number of carbonyl (C=O) groups excluding carboxylic acids is 2. The van der Waals surface area contributed by atoms with E-state index in [4.69, 9.17) is 23.2 Å². The quantitative estimate of drug-likeness (QED) is 0.527. The van der Waals surface area contributed by atoms with E-state index in [2.05, 4.69) is 10.7 Å². The highest BCUT2D eigenvalue weighted by atomic mass is 35.5. The van der Waals surface area contributed by atoms with E-state index < -0.39 is 6.04 Å². The molecular formula is C15H21Cl2N3O2. The lowest BCUT2D eigenvalue weighted by Crippen LogP contribution is -2.53. The number of hydrogen-bond donors (Lipinski definition) is 2. The number of alkyl halides is 2. The van der Waals surface area contributed by atoms with Crippen molar-refractivity contribution in [2.24, 2.45) is 0 Å². The molecule has 2 amide bonds. The minimum absolute atomic E-state index is 0.252. The molecule has 122 valence electrons. The fraction of sp³-hybridized carbons (Fsp3) is 0.467. The van der Waals surface area contributed by atoms with Crippen LogP contribution in [0.1, 0.15) is 12.5 Å². The van der Waals surface area contributed by atoms with Crippen molar-refractivity contribution in [2.75, 3.05) is 24.8 Å². The number of halogens is 2. The smallest absolute Gasteiger partial charge is 0.257 e. The molecule has 2 N–H and O–H groups in total. The predicted octanol–water partition coefficient (Wildman–Crippen LogP) is 1.54. The van der Waals surface area contributed by atoms with E-state index in [-0.39, 0.29) is 11.8 Å². The van der Waals surface area contributed by atoms with Gasteiger partial charge in [0.25, 0.3) is 5.91 Å². The van der Waals surface area contributed by atoms with Gasteiger partial charge < -0.3 is 5.32 Å². The minimum atomic E-state index is -0.645. The second kappa shape index (κ2) is 10.4. The lowest BCUT2D eigenvalue weighted by Gasteiger charge is -2.25. The average molecular weight is 346 g/mol. The first-order valence-corrected chi connectivity index (χ1v) is 8.12. The molecule has 22 heavy (non-hydrogen) atoms. The summed E-state index contributed by atoms with van der Waals surface area (Å²) >= 11 is 11.4. The maximum atomic E-state index is 12.4. The van der Waals surface area contributed by atoms with Gasteiger partial charge in [0, 0.05) is 38.2 Å². The molecule has 0 aliphatic heterocycles. The molecule has 0 radical (unpaired) electrons. The highest BCUT2D eigenvalue weighted by Crippen LogP contribution is 2.04. The number of nitrogens with one attached hydrogen (secondary N) is 2. The van der Waals surface area contributed by atoms with Gasteiger partial charge in [0.15, 0.2) is 0 Å². The van der Waals surface area contributed by atoms with Gasteiger partial charge in [0.05, 0.1) is 0 Å². The third kappa shape index (κ3) is 7.11. The fourth-order valence-corrected chi connectivity index (χ4v) is 2.37. The van der Waals surface area contributed by atoms with Crippen LogP contribution in [0.25, 0.3) is 0 Å². The fourth-order valence-electron chi connectivity index (χ4n) is 1.97. The largest absolute Gasteiger partial charge is 0.344 e. The number of carbonyl (C=O) groups is 2. The molecule has 1 atom stereocenters. The maximum absolute atomic E-state index is 12.4. The summed E-state index contributed by atoms with van der Waals surface area (Å²) in [5.41, 5.74) is 3.73. The molecule has 1 unspecified atom stereocenters. The van der Waals surface area contributed by atoms with E-state index in [9.17, 15) is 9.59 Å². The van der Waals surface area contributed by atoms with Gasteiger partial charge in [-0.25, -0.2) is 5.01 Å². The summed E-state index contributed by atoms with van der Waals surface area (Å²) < 4.78 is 0. The lowest BCUT2D eigenvalue weighted by molar-refractivity contribution is -0.131. The third-order valence-corrected chi connectivity index (χ3v) is 3.29. The Morgan fingerprint density at radius 2 is 1.73 bits per heavy atom. The standard InChI is InChI=1S/C15H21Cl2N3O2/c1-12(21)18-14(11-13-5-3-2-4-6-13)15(22)19-20(9-7-16)10-8-17/h2-6,14H,7-11H2,1H3,(H,18,21)(H,19,22). The highest BCUT2D eigenvalue weighted by Gasteiger charge is 2.21. The molecule has 0 heterocycles. The summed E-state index contributed by atoms with van der Waals surface area (Å²) in [7, 11) is 0. The van der Waals surface area contributed by atoms with Crippen LogP contribution in [0.5, 0.6) is 0 Å². The van der Waals surface area contributed by atoms with Crippen LogP contribution in [-0.4, -0.2) is 47.7 Å². The zero-order valence-corrected chi connectivity index (χ0v) is 14.0. The Labute approximate surface area is 140 Å². The Balaban J connectivity index is 2.72. The summed E-state index contributed by atoms with van der Waals surface area (Å²) in [5.74, 6) is 0.216. The molecule has 7 heteroatoms. The minimum Gasteiger partial charge on any atom is -0.344 e. The van der Waals surface area contributed by atoms with Gasteiger partial charge in [-0.1, -0.05) is 30.3 Å². The zero-order valence-electron chi connectivity index (χ0n) is 12.5. The van der Waals surface area contributed by atoms with Crippen LogP contribution in [0.2, 0.25) is 0 Å². The average Bonchev–Trinajstić information content (AvgIpc) is 2.47. The van der Waals surface area contributed by atoms with E-state index in [1.807, 2.05) is 30.3 Å². The van der Waals surface area contributed by atoms with Crippen molar-refractivity contribution in [2.45, 2.75) is 19.4 Å². The van der Waals surface area contributed by atoms with Crippen LogP contribution in [0.15, 0.2) is 30.3 Å². The van der Waals surface area contributed by atoms with Crippen LogP contribution < -0.4 is 10.7 Å².